The zero-order valence-corrected chi connectivity index (χ0v) is 21.0. The van der Waals surface area contributed by atoms with Gasteiger partial charge in [0.1, 0.15) is 5.75 Å². The number of piperidine rings is 1. The molecule has 1 unspecified atom stereocenters. The lowest BCUT2D eigenvalue weighted by atomic mass is 10.0. The Bertz CT molecular complexity index is 1220. The van der Waals surface area contributed by atoms with Gasteiger partial charge in [0, 0.05) is 18.8 Å². The number of rotatable bonds is 8. The third-order valence-electron chi connectivity index (χ3n) is 6.41. The maximum atomic E-state index is 12.9. The summed E-state index contributed by atoms with van der Waals surface area (Å²) < 4.78 is 33.3. The molecule has 0 saturated carbocycles. The molecule has 1 saturated heterocycles. The van der Waals surface area contributed by atoms with E-state index in [4.69, 9.17) is 4.74 Å². The molecule has 1 N–H and O–H groups in total. The third-order valence-corrected chi connectivity index (χ3v) is 8.32. The molecule has 1 heterocycles. The highest BCUT2D eigenvalue weighted by atomic mass is 32.2. The molecule has 4 rings (SSSR count). The summed E-state index contributed by atoms with van der Waals surface area (Å²) in [4.78, 5) is 13.1. The Hall–Kier alpha value is -3.16. The van der Waals surface area contributed by atoms with Gasteiger partial charge in [-0.1, -0.05) is 56.3 Å². The summed E-state index contributed by atoms with van der Waals surface area (Å²) in [6, 6.07) is 24.1. The first-order chi connectivity index (χ1) is 16.9. The van der Waals surface area contributed by atoms with Crippen LogP contribution in [0.5, 0.6) is 5.75 Å². The Morgan fingerprint density at radius 2 is 1.54 bits per heavy atom. The Labute approximate surface area is 208 Å². The van der Waals surface area contributed by atoms with E-state index < -0.39 is 16.1 Å². The Balaban J connectivity index is 1.37. The zero-order chi connectivity index (χ0) is 24.8. The van der Waals surface area contributed by atoms with Gasteiger partial charge in [-0.15, -0.1) is 0 Å². The molecule has 0 bridgehead atoms. The number of sulfonamides is 1. The van der Waals surface area contributed by atoms with Gasteiger partial charge < -0.3 is 10.1 Å². The summed E-state index contributed by atoms with van der Waals surface area (Å²) in [5.41, 5.74) is 2.72. The molecule has 0 radical (unpaired) electrons. The monoisotopic (exact) mass is 492 g/mol. The molecule has 184 valence electrons. The van der Waals surface area contributed by atoms with E-state index in [0.29, 0.717) is 36.9 Å². The van der Waals surface area contributed by atoms with Crippen LogP contribution in [0.15, 0.2) is 83.8 Å². The summed E-state index contributed by atoms with van der Waals surface area (Å²) in [7, 11) is -3.52. The van der Waals surface area contributed by atoms with Gasteiger partial charge in [-0.05, 0) is 72.7 Å². The molecule has 7 heteroatoms. The lowest BCUT2D eigenvalue weighted by Crippen LogP contribution is -2.37. The van der Waals surface area contributed by atoms with Gasteiger partial charge in [0.05, 0.1) is 4.90 Å². The highest BCUT2D eigenvalue weighted by molar-refractivity contribution is 7.89. The second-order valence-electron chi connectivity index (χ2n) is 9.01. The molecule has 0 aliphatic carbocycles. The van der Waals surface area contributed by atoms with Gasteiger partial charge in [0.2, 0.25) is 10.0 Å². The first-order valence-electron chi connectivity index (χ1n) is 12.1. The van der Waals surface area contributed by atoms with Gasteiger partial charge in [0.25, 0.3) is 5.91 Å². The van der Waals surface area contributed by atoms with Crippen LogP contribution in [0.2, 0.25) is 0 Å². The van der Waals surface area contributed by atoms with Gasteiger partial charge in [0.15, 0.2) is 6.10 Å². The van der Waals surface area contributed by atoms with E-state index in [1.807, 2.05) is 61.5 Å². The van der Waals surface area contributed by atoms with Crippen molar-refractivity contribution in [1.82, 2.24) is 4.31 Å². The average molecular weight is 493 g/mol. The lowest BCUT2D eigenvalue weighted by molar-refractivity contribution is -0.122. The predicted molar refractivity (Wildman–Crippen MR) is 139 cm³/mol. The van der Waals surface area contributed by atoms with Crippen LogP contribution in [0.1, 0.15) is 33.1 Å². The molecule has 1 aliphatic rings. The van der Waals surface area contributed by atoms with Crippen molar-refractivity contribution < 1.29 is 17.9 Å². The molecule has 1 amide bonds. The smallest absolute Gasteiger partial charge is 0.265 e. The Morgan fingerprint density at radius 1 is 0.943 bits per heavy atom. The van der Waals surface area contributed by atoms with Crippen molar-refractivity contribution in [2.24, 2.45) is 5.92 Å². The molecule has 3 aromatic rings. The average Bonchev–Trinajstić information content (AvgIpc) is 2.88. The number of ether oxygens (including phenoxy) is 1. The molecule has 35 heavy (non-hydrogen) atoms. The first-order valence-corrected chi connectivity index (χ1v) is 13.5. The first kappa shape index (κ1) is 24.9. The molecule has 1 aliphatic heterocycles. The Kier molecular flexibility index (Phi) is 7.88. The molecule has 1 atom stereocenters. The lowest BCUT2D eigenvalue weighted by Gasteiger charge is -2.29. The standard InChI is InChI=1S/C28H32N2O4S/c1-3-27(34-25-13-9-23(10-14-25)22-7-5-4-6-8-22)28(31)29-24-11-15-26(16-12-24)35(32,33)30-19-17-21(2)18-20-30/h4-16,21,27H,3,17-20H2,1-2H3,(H,29,31). The van der Waals surface area contributed by atoms with Crippen molar-refractivity contribution in [3.63, 3.8) is 0 Å². The second-order valence-corrected chi connectivity index (χ2v) is 10.9. The molecule has 0 aromatic heterocycles. The van der Waals surface area contributed by atoms with Crippen LogP contribution in [0, 0.1) is 5.92 Å². The van der Waals surface area contributed by atoms with Crippen molar-refractivity contribution in [2.75, 3.05) is 18.4 Å². The van der Waals surface area contributed by atoms with Crippen LogP contribution in [-0.4, -0.2) is 37.8 Å². The van der Waals surface area contributed by atoms with Gasteiger partial charge in [-0.3, -0.25) is 4.79 Å². The minimum Gasteiger partial charge on any atom is -0.481 e. The third kappa shape index (κ3) is 6.10. The fraction of sp³-hybridized carbons (Fsp3) is 0.321. The molecular formula is C28H32N2O4S. The van der Waals surface area contributed by atoms with Gasteiger partial charge in [-0.2, -0.15) is 4.31 Å². The molecular weight excluding hydrogens is 460 g/mol. The maximum Gasteiger partial charge on any atom is 0.265 e. The number of nitrogens with one attached hydrogen (secondary N) is 1. The maximum absolute atomic E-state index is 12.9. The van der Waals surface area contributed by atoms with Crippen molar-refractivity contribution in [2.45, 2.75) is 44.1 Å². The van der Waals surface area contributed by atoms with Crippen LogP contribution < -0.4 is 10.1 Å². The van der Waals surface area contributed by atoms with Gasteiger partial charge >= 0.3 is 0 Å². The summed E-state index contributed by atoms with van der Waals surface area (Å²) in [5.74, 6) is 0.888. The van der Waals surface area contributed by atoms with E-state index in [9.17, 15) is 13.2 Å². The normalized spacial score (nSPS) is 15.9. The quantitative estimate of drug-likeness (QED) is 0.446. The fourth-order valence-electron chi connectivity index (χ4n) is 4.15. The van der Waals surface area contributed by atoms with Gasteiger partial charge in [-0.25, -0.2) is 8.42 Å². The summed E-state index contributed by atoms with van der Waals surface area (Å²) in [5, 5.41) is 2.84. The topological polar surface area (TPSA) is 75.7 Å². The van der Waals surface area contributed by atoms with Crippen LogP contribution in [0.3, 0.4) is 0 Å². The number of hydrogen-bond donors (Lipinski definition) is 1. The van der Waals surface area contributed by atoms with Crippen molar-refractivity contribution >= 4 is 21.6 Å². The fourth-order valence-corrected chi connectivity index (χ4v) is 5.62. The second kappa shape index (κ2) is 11.1. The minimum atomic E-state index is -3.52. The van der Waals surface area contributed by atoms with E-state index >= 15 is 0 Å². The zero-order valence-electron chi connectivity index (χ0n) is 20.2. The van der Waals surface area contributed by atoms with Crippen molar-refractivity contribution in [1.29, 1.82) is 0 Å². The highest BCUT2D eigenvalue weighted by Crippen LogP contribution is 2.25. The van der Waals surface area contributed by atoms with E-state index in [2.05, 4.69) is 12.2 Å². The SMILES string of the molecule is CCC(Oc1ccc(-c2ccccc2)cc1)C(=O)Nc1ccc(S(=O)(=O)N2CCC(C)CC2)cc1. The summed E-state index contributed by atoms with van der Waals surface area (Å²) in [6.07, 6.45) is 1.57. The van der Waals surface area contributed by atoms with Crippen LogP contribution in [0.25, 0.3) is 11.1 Å². The van der Waals surface area contributed by atoms with Crippen molar-refractivity contribution in [3.05, 3.63) is 78.9 Å². The Morgan fingerprint density at radius 3 is 2.14 bits per heavy atom. The van der Waals surface area contributed by atoms with Crippen molar-refractivity contribution in [3.8, 4) is 16.9 Å². The van der Waals surface area contributed by atoms with E-state index in [-0.39, 0.29) is 10.8 Å². The number of carbonyl (C=O) groups excluding carboxylic acids is 1. The number of amides is 1. The molecule has 6 nitrogen and oxygen atoms in total. The number of hydrogen-bond acceptors (Lipinski definition) is 4. The summed E-state index contributed by atoms with van der Waals surface area (Å²) in [6.45, 7) is 5.12. The predicted octanol–water partition coefficient (Wildman–Crippen LogP) is 5.57. The number of benzene rings is 3. The van der Waals surface area contributed by atoms with Crippen LogP contribution >= 0.6 is 0 Å². The van der Waals surface area contributed by atoms with E-state index in [0.717, 1.165) is 24.0 Å². The highest BCUT2D eigenvalue weighted by Gasteiger charge is 2.28. The summed E-state index contributed by atoms with van der Waals surface area (Å²) >= 11 is 0. The van der Waals surface area contributed by atoms with E-state index in [1.54, 1.807) is 28.6 Å². The molecule has 0 spiro atoms. The molecule has 1 fully saturated rings. The minimum absolute atomic E-state index is 0.242. The largest absolute Gasteiger partial charge is 0.481 e. The number of carbonyl (C=O) groups is 1. The number of anilines is 1. The van der Waals surface area contributed by atoms with Crippen LogP contribution in [0.4, 0.5) is 5.69 Å². The van der Waals surface area contributed by atoms with E-state index in [1.165, 1.54) is 0 Å². The molecule has 3 aromatic carbocycles. The van der Waals surface area contributed by atoms with Crippen LogP contribution in [-0.2, 0) is 14.8 Å². The number of nitrogens with zero attached hydrogens (tertiary/aromatic N) is 1.